The van der Waals surface area contributed by atoms with Crippen molar-refractivity contribution in [1.29, 1.82) is 0 Å². The van der Waals surface area contributed by atoms with Gasteiger partial charge in [0.15, 0.2) is 0 Å². The second-order valence-electron chi connectivity index (χ2n) is 4.30. The third-order valence-corrected chi connectivity index (χ3v) is 3.04. The van der Waals surface area contributed by atoms with Gasteiger partial charge in [-0.2, -0.15) is 0 Å². The van der Waals surface area contributed by atoms with Crippen molar-refractivity contribution in [3.63, 3.8) is 0 Å². The second kappa shape index (κ2) is 4.26. The number of hydrogen-bond acceptors (Lipinski definition) is 1. The number of fused-ring (bicyclic) bond motifs is 1. The van der Waals surface area contributed by atoms with Gasteiger partial charge in [-0.05, 0) is 36.6 Å². The van der Waals surface area contributed by atoms with E-state index >= 15 is 0 Å². The van der Waals surface area contributed by atoms with Crippen LogP contribution in [0.2, 0.25) is 0 Å². The van der Waals surface area contributed by atoms with E-state index in [2.05, 4.69) is 6.92 Å². The topological polar surface area (TPSA) is 30.9 Å². The lowest BCUT2D eigenvalue weighted by Crippen LogP contribution is -2.21. The maximum atomic E-state index is 13.2. The normalized spacial score (nSPS) is 13.2. The molecule has 1 atom stereocenters. The van der Waals surface area contributed by atoms with Crippen molar-refractivity contribution in [2.24, 2.45) is 12.8 Å². The van der Waals surface area contributed by atoms with Gasteiger partial charge in [-0.3, -0.25) is 0 Å². The number of nitrogens with zero attached hydrogens (tertiary/aromatic N) is 1. The molecule has 1 heterocycles. The number of aryl methyl sites for hydroxylation is 1. The summed E-state index contributed by atoms with van der Waals surface area (Å²) in [6, 6.07) is 5.04. The molecule has 2 rings (SSSR count). The first-order valence-electron chi connectivity index (χ1n) is 5.61. The zero-order chi connectivity index (χ0) is 11.7. The first kappa shape index (κ1) is 11.1. The molecule has 1 aromatic carbocycles. The largest absolute Gasteiger partial charge is 0.350 e. The van der Waals surface area contributed by atoms with Gasteiger partial charge in [-0.1, -0.05) is 6.92 Å². The molecule has 2 aromatic rings. The minimum absolute atomic E-state index is 0.147. The molecular weight excluding hydrogens is 203 g/mol. The third-order valence-electron chi connectivity index (χ3n) is 3.04. The summed E-state index contributed by atoms with van der Waals surface area (Å²) in [5, 5.41) is 0.978. The second-order valence-corrected chi connectivity index (χ2v) is 4.30. The lowest BCUT2D eigenvalue weighted by molar-refractivity contribution is 0.628. The molecule has 0 aliphatic rings. The average Bonchev–Trinajstić information content (AvgIpc) is 2.55. The van der Waals surface area contributed by atoms with Crippen LogP contribution in [0.1, 0.15) is 18.9 Å². The summed E-state index contributed by atoms with van der Waals surface area (Å²) >= 11 is 0. The van der Waals surface area contributed by atoms with Crippen molar-refractivity contribution in [1.82, 2.24) is 4.57 Å². The van der Waals surface area contributed by atoms with Gasteiger partial charge in [-0.15, -0.1) is 0 Å². The van der Waals surface area contributed by atoms with Crippen molar-refractivity contribution in [3.05, 3.63) is 35.8 Å². The van der Waals surface area contributed by atoms with E-state index in [1.165, 1.54) is 6.07 Å². The van der Waals surface area contributed by atoms with Crippen LogP contribution in [0.4, 0.5) is 4.39 Å². The Hall–Kier alpha value is -1.35. The first-order valence-corrected chi connectivity index (χ1v) is 5.61. The van der Waals surface area contributed by atoms with E-state index < -0.39 is 0 Å². The SMILES string of the molecule is CCC(N)Cc1cn(C)c2ccc(F)cc12. The number of halogens is 1. The van der Waals surface area contributed by atoms with Gasteiger partial charge in [0.2, 0.25) is 0 Å². The summed E-state index contributed by atoms with van der Waals surface area (Å²) in [7, 11) is 1.97. The zero-order valence-electron chi connectivity index (χ0n) is 9.70. The van der Waals surface area contributed by atoms with Crippen molar-refractivity contribution in [3.8, 4) is 0 Å². The molecular formula is C13H17FN2. The van der Waals surface area contributed by atoms with Gasteiger partial charge in [0.25, 0.3) is 0 Å². The summed E-state index contributed by atoms with van der Waals surface area (Å²) in [5.41, 5.74) is 8.13. The third kappa shape index (κ3) is 1.95. The van der Waals surface area contributed by atoms with Crippen molar-refractivity contribution < 1.29 is 4.39 Å². The Morgan fingerprint density at radius 1 is 1.44 bits per heavy atom. The van der Waals surface area contributed by atoms with Crippen LogP contribution in [0.25, 0.3) is 10.9 Å². The van der Waals surface area contributed by atoms with Gasteiger partial charge < -0.3 is 10.3 Å². The monoisotopic (exact) mass is 220 g/mol. The van der Waals surface area contributed by atoms with Crippen molar-refractivity contribution >= 4 is 10.9 Å². The average molecular weight is 220 g/mol. The van der Waals surface area contributed by atoms with Crippen LogP contribution < -0.4 is 5.73 Å². The van der Waals surface area contributed by atoms with Crippen molar-refractivity contribution in [2.75, 3.05) is 0 Å². The smallest absolute Gasteiger partial charge is 0.123 e. The highest BCUT2D eigenvalue weighted by atomic mass is 19.1. The Labute approximate surface area is 94.9 Å². The number of nitrogens with two attached hydrogens (primary N) is 1. The molecule has 3 heteroatoms. The van der Waals surface area contributed by atoms with Crippen LogP contribution in [0.5, 0.6) is 0 Å². The summed E-state index contributed by atoms with van der Waals surface area (Å²) in [6.45, 7) is 2.07. The van der Waals surface area contributed by atoms with Crippen LogP contribution >= 0.6 is 0 Å². The van der Waals surface area contributed by atoms with E-state index in [0.717, 1.165) is 29.3 Å². The van der Waals surface area contributed by atoms with Crippen LogP contribution in [-0.4, -0.2) is 10.6 Å². The minimum Gasteiger partial charge on any atom is -0.350 e. The lowest BCUT2D eigenvalue weighted by atomic mass is 10.0. The molecule has 0 aliphatic carbocycles. The standard InChI is InChI=1S/C13H17FN2/c1-3-11(15)6-9-8-16(2)13-5-4-10(14)7-12(9)13/h4-5,7-8,11H,3,6,15H2,1-2H3. The molecule has 0 spiro atoms. The van der Waals surface area contributed by atoms with Crippen LogP contribution in [0, 0.1) is 5.82 Å². The molecule has 0 bridgehead atoms. The van der Waals surface area contributed by atoms with E-state index in [-0.39, 0.29) is 11.9 Å². The van der Waals surface area contributed by atoms with E-state index in [4.69, 9.17) is 5.73 Å². The quantitative estimate of drug-likeness (QED) is 0.847. The molecule has 0 radical (unpaired) electrons. The molecule has 0 saturated heterocycles. The molecule has 86 valence electrons. The zero-order valence-corrected chi connectivity index (χ0v) is 9.70. The molecule has 1 unspecified atom stereocenters. The Kier molecular flexibility index (Phi) is 2.97. The number of benzene rings is 1. The highest BCUT2D eigenvalue weighted by molar-refractivity contribution is 5.84. The van der Waals surface area contributed by atoms with Crippen LogP contribution in [-0.2, 0) is 13.5 Å². The highest BCUT2D eigenvalue weighted by Crippen LogP contribution is 2.22. The molecule has 16 heavy (non-hydrogen) atoms. The number of hydrogen-bond donors (Lipinski definition) is 1. The molecule has 2 N–H and O–H groups in total. The van der Waals surface area contributed by atoms with E-state index in [9.17, 15) is 4.39 Å². The van der Waals surface area contributed by atoms with E-state index in [1.54, 1.807) is 6.07 Å². The fourth-order valence-corrected chi connectivity index (χ4v) is 2.04. The summed E-state index contributed by atoms with van der Waals surface area (Å²) in [6.07, 6.45) is 3.78. The van der Waals surface area contributed by atoms with Gasteiger partial charge >= 0.3 is 0 Å². The lowest BCUT2D eigenvalue weighted by Gasteiger charge is -2.06. The van der Waals surface area contributed by atoms with Crippen LogP contribution in [0.3, 0.4) is 0 Å². The van der Waals surface area contributed by atoms with Crippen LogP contribution in [0.15, 0.2) is 24.4 Å². The predicted octanol–water partition coefficient (Wildman–Crippen LogP) is 2.60. The van der Waals surface area contributed by atoms with Gasteiger partial charge in [0, 0.05) is 30.2 Å². The maximum absolute atomic E-state index is 13.2. The highest BCUT2D eigenvalue weighted by Gasteiger charge is 2.10. The minimum atomic E-state index is -0.190. The predicted molar refractivity (Wildman–Crippen MR) is 64.8 cm³/mol. The molecule has 0 aliphatic heterocycles. The van der Waals surface area contributed by atoms with Gasteiger partial charge in [0.1, 0.15) is 5.82 Å². The molecule has 2 nitrogen and oxygen atoms in total. The fourth-order valence-electron chi connectivity index (χ4n) is 2.04. The summed E-state index contributed by atoms with van der Waals surface area (Å²) < 4.78 is 15.2. The van der Waals surface area contributed by atoms with E-state index in [0.29, 0.717) is 0 Å². The summed E-state index contributed by atoms with van der Waals surface area (Å²) in [4.78, 5) is 0. The Morgan fingerprint density at radius 2 is 2.19 bits per heavy atom. The first-order chi connectivity index (χ1) is 7.61. The molecule has 0 saturated carbocycles. The molecule has 1 aromatic heterocycles. The molecule has 0 fully saturated rings. The van der Waals surface area contributed by atoms with Gasteiger partial charge in [-0.25, -0.2) is 4.39 Å². The van der Waals surface area contributed by atoms with E-state index in [1.807, 2.05) is 23.9 Å². The summed E-state index contributed by atoms with van der Waals surface area (Å²) in [5.74, 6) is -0.190. The van der Waals surface area contributed by atoms with Gasteiger partial charge in [0.05, 0.1) is 0 Å². The Bertz CT molecular complexity index is 502. The number of aromatic nitrogens is 1. The Balaban J connectivity index is 2.48. The fraction of sp³-hybridized carbons (Fsp3) is 0.385. The van der Waals surface area contributed by atoms with Crippen molar-refractivity contribution in [2.45, 2.75) is 25.8 Å². The maximum Gasteiger partial charge on any atom is 0.123 e. The number of rotatable bonds is 3. The molecule has 0 amide bonds. The Morgan fingerprint density at radius 3 is 2.88 bits per heavy atom.